The molecule has 0 heterocycles. The van der Waals surface area contributed by atoms with Gasteiger partial charge in [0.2, 0.25) is 5.91 Å². The van der Waals surface area contributed by atoms with Crippen molar-refractivity contribution < 1.29 is 14.4 Å². The predicted molar refractivity (Wildman–Crippen MR) is 98.7 cm³/mol. The number of carbonyl (C=O) groups is 2. The van der Waals surface area contributed by atoms with Crippen molar-refractivity contribution in [3.8, 4) is 6.07 Å². The largest absolute Gasteiger partial charge is 0.385 e. The first kappa shape index (κ1) is 18.7. The summed E-state index contributed by atoms with van der Waals surface area (Å²) in [5, 5.41) is 18.1. The summed E-state index contributed by atoms with van der Waals surface area (Å²) in [6.45, 7) is 2.94. The molecule has 0 fully saturated rings. The summed E-state index contributed by atoms with van der Waals surface area (Å²) < 4.78 is 0. The molecule has 2 N–H and O–H groups in total. The van der Waals surface area contributed by atoms with E-state index in [0.717, 1.165) is 5.56 Å². The Kier molecular flexibility index (Phi) is 6.46. The van der Waals surface area contributed by atoms with E-state index >= 15 is 0 Å². The predicted octanol–water partition coefficient (Wildman–Crippen LogP) is 2.90. The topological polar surface area (TPSA) is 104 Å². The lowest BCUT2D eigenvalue weighted by Crippen LogP contribution is -2.17. The molecule has 2 amide bonds. The van der Waals surface area contributed by atoms with Crippen molar-refractivity contribution >= 4 is 28.9 Å². The van der Waals surface area contributed by atoms with Crippen molar-refractivity contribution in [2.45, 2.75) is 13.8 Å². The van der Waals surface area contributed by atoms with Crippen LogP contribution in [0.25, 0.3) is 0 Å². The molecule has 0 atom stereocenters. The smallest absolute Gasteiger partial charge is 0.265 e. The fourth-order valence-corrected chi connectivity index (χ4v) is 2.10. The van der Waals surface area contributed by atoms with Gasteiger partial charge in [-0.2, -0.15) is 5.26 Å². The second-order valence-electron chi connectivity index (χ2n) is 5.45. The minimum atomic E-state index is -0.377. The quantitative estimate of drug-likeness (QED) is 0.617. The van der Waals surface area contributed by atoms with Crippen LogP contribution in [0, 0.1) is 11.3 Å². The molecular formula is C19H18N4O3. The number of amides is 2. The van der Waals surface area contributed by atoms with Crippen LogP contribution in [0.5, 0.6) is 0 Å². The van der Waals surface area contributed by atoms with E-state index in [1.165, 1.54) is 6.92 Å². The molecular weight excluding hydrogens is 332 g/mol. The molecule has 0 aliphatic carbocycles. The summed E-state index contributed by atoms with van der Waals surface area (Å²) in [6, 6.07) is 15.7. The molecule has 0 radical (unpaired) electrons. The normalized spacial score (nSPS) is 10.6. The number of rotatable bonds is 6. The third-order valence-corrected chi connectivity index (χ3v) is 3.30. The number of carbonyl (C=O) groups excluding carboxylic acids is 2. The average Bonchev–Trinajstić information content (AvgIpc) is 2.62. The fourth-order valence-electron chi connectivity index (χ4n) is 2.10. The van der Waals surface area contributed by atoms with Crippen molar-refractivity contribution in [2.75, 3.05) is 17.2 Å². The standard InChI is InChI=1S/C19H18N4O3/c1-13(16-6-8-17(9-7-16)21-14(2)24)23-26-12-19(25)22-18-5-3-4-15(10-18)11-20/h3-10H,12H2,1-2H3,(H,21,24)(H,22,25)/b23-13+. The monoisotopic (exact) mass is 350 g/mol. The van der Waals surface area contributed by atoms with Crippen LogP contribution >= 0.6 is 0 Å². The highest BCUT2D eigenvalue weighted by molar-refractivity contribution is 5.99. The van der Waals surface area contributed by atoms with E-state index in [2.05, 4.69) is 15.8 Å². The Balaban J connectivity index is 1.87. The molecule has 2 aromatic rings. The summed E-state index contributed by atoms with van der Waals surface area (Å²) in [6.07, 6.45) is 0. The van der Waals surface area contributed by atoms with Crippen molar-refractivity contribution in [2.24, 2.45) is 5.16 Å². The highest BCUT2D eigenvalue weighted by atomic mass is 16.6. The number of oxime groups is 1. The lowest BCUT2D eigenvalue weighted by atomic mass is 10.1. The van der Waals surface area contributed by atoms with Gasteiger partial charge in [-0.25, -0.2) is 0 Å². The van der Waals surface area contributed by atoms with Crippen LogP contribution < -0.4 is 10.6 Å². The Labute approximate surface area is 151 Å². The molecule has 0 saturated heterocycles. The number of benzene rings is 2. The van der Waals surface area contributed by atoms with Gasteiger partial charge in [0.05, 0.1) is 17.3 Å². The maximum atomic E-state index is 11.8. The molecule has 0 aromatic heterocycles. The minimum absolute atomic E-state index is 0.141. The van der Waals surface area contributed by atoms with Gasteiger partial charge in [0.15, 0.2) is 6.61 Å². The first-order valence-electron chi connectivity index (χ1n) is 7.82. The fraction of sp³-hybridized carbons (Fsp3) is 0.158. The Bertz CT molecular complexity index is 867. The summed E-state index contributed by atoms with van der Waals surface area (Å²) in [5.74, 6) is -0.518. The Morgan fingerprint density at radius 3 is 2.46 bits per heavy atom. The summed E-state index contributed by atoms with van der Waals surface area (Å²) in [4.78, 5) is 27.9. The summed E-state index contributed by atoms with van der Waals surface area (Å²) in [5.41, 5.74) is 3.07. The SMILES string of the molecule is CC(=O)Nc1ccc(/C(C)=N/OCC(=O)Nc2cccc(C#N)c2)cc1. The van der Waals surface area contributed by atoms with Crippen molar-refractivity contribution in [1.82, 2.24) is 0 Å². The number of nitrogens with one attached hydrogen (secondary N) is 2. The highest BCUT2D eigenvalue weighted by Gasteiger charge is 2.05. The molecule has 132 valence electrons. The van der Waals surface area contributed by atoms with Crippen LogP contribution in [0.15, 0.2) is 53.7 Å². The van der Waals surface area contributed by atoms with Gasteiger partial charge < -0.3 is 15.5 Å². The average molecular weight is 350 g/mol. The van der Waals surface area contributed by atoms with Gasteiger partial charge in [0, 0.05) is 18.3 Å². The van der Waals surface area contributed by atoms with Crippen molar-refractivity contribution in [1.29, 1.82) is 5.26 Å². The molecule has 0 aliphatic heterocycles. The lowest BCUT2D eigenvalue weighted by molar-refractivity contribution is -0.120. The molecule has 0 spiro atoms. The number of nitrogens with zero attached hydrogens (tertiary/aromatic N) is 2. The zero-order chi connectivity index (χ0) is 18.9. The van der Waals surface area contributed by atoms with Gasteiger partial charge in [-0.15, -0.1) is 0 Å². The second-order valence-corrected chi connectivity index (χ2v) is 5.45. The third kappa shape index (κ3) is 5.76. The lowest BCUT2D eigenvalue weighted by Gasteiger charge is -2.06. The van der Waals surface area contributed by atoms with E-state index in [-0.39, 0.29) is 18.4 Å². The van der Waals surface area contributed by atoms with E-state index < -0.39 is 0 Å². The number of hydrogen-bond donors (Lipinski definition) is 2. The van der Waals surface area contributed by atoms with Crippen molar-refractivity contribution in [3.63, 3.8) is 0 Å². The van der Waals surface area contributed by atoms with E-state index in [0.29, 0.717) is 22.6 Å². The number of hydrogen-bond acceptors (Lipinski definition) is 5. The van der Waals surface area contributed by atoms with Gasteiger partial charge in [-0.3, -0.25) is 9.59 Å². The molecule has 26 heavy (non-hydrogen) atoms. The van der Waals surface area contributed by atoms with Crippen molar-refractivity contribution in [3.05, 3.63) is 59.7 Å². The summed E-state index contributed by atoms with van der Waals surface area (Å²) >= 11 is 0. The molecule has 7 heteroatoms. The van der Waals surface area contributed by atoms with E-state index in [9.17, 15) is 9.59 Å². The second kappa shape index (κ2) is 8.99. The maximum absolute atomic E-state index is 11.8. The van der Waals surface area contributed by atoms with E-state index in [1.54, 1.807) is 55.5 Å². The van der Waals surface area contributed by atoms with Crippen LogP contribution in [-0.2, 0) is 14.4 Å². The first-order valence-corrected chi connectivity index (χ1v) is 7.82. The molecule has 2 rings (SSSR count). The highest BCUT2D eigenvalue weighted by Crippen LogP contribution is 2.11. The maximum Gasteiger partial charge on any atom is 0.265 e. The Morgan fingerprint density at radius 2 is 1.81 bits per heavy atom. The van der Waals surface area contributed by atoms with Crippen LogP contribution in [0.3, 0.4) is 0 Å². The van der Waals surface area contributed by atoms with Gasteiger partial charge in [0.1, 0.15) is 0 Å². The van der Waals surface area contributed by atoms with Crippen LogP contribution in [0.2, 0.25) is 0 Å². The van der Waals surface area contributed by atoms with Gasteiger partial charge in [-0.1, -0.05) is 23.4 Å². The number of anilines is 2. The minimum Gasteiger partial charge on any atom is -0.385 e. The van der Waals surface area contributed by atoms with Gasteiger partial charge >= 0.3 is 0 Å². The molecule has 7 nitrogen and oxygen atoms in total. The van der Waals surface area contributed by atoms with Gasteiger partial charge in [-0.05, 0) is 42.8 Å². The Morgan fingerprint density at radius 1 is 1.08 bits per heavy atom. The first-order chi connectivity index (χ1) is 12.5. The summed E-state index contributed by atoms with van der Waals surface area (Å²) in [7, 11) is 0. The van der Waals surface area contributed by atoms with Crippen LogP contribution in [0.1, 0.15) is 25.0 Å². The Hall–Kier alpha value is -3.66. The van der Waals surface area contributed by atoms with Crippen LogP contribution in [-0.4, -0.2) is 24.1 Å². The van der Waals surface area contributed by atoms with Crippen LogP contribution in [0.4, 0.5) is 11.4 Å². The van der Waals surface area contributed by atoms with Gasteiger partial charge in [0.25, 0.3) is 5.91 Å². The number of nitriles is 1. The molecule has 0 saturated carbocycles. The zero-order valence-electron chi connectivity index (χ0n) is 14.4. The van der Waals surface area contributed by atoms with E-state index in [4.69, 9.17) is 10.1 Å². The zero-order valence-corrected chi connectivity index (χ0v) is 14.4. The van der Waals surface area contributed by atoms with E-state index in [1.807, 2.05) is 6.07 Å². The molecule has 0 aliphatic rings. The molecule has 0 bridgehead atoms. The molecule has 0 unspecified atom stereocenters. The molecule has 2 aromatic carbocycles. The third-order valence-electron chi connectivity index (χ3n) is 3.30.